The molecule has 0 bridgehead atoms. The summed E-state index contributed by atoms with van der Waals surface area (Å²) in [5, 5.41) is 10.2. The highest BCUT2D eigenvalue weighted by molar-refractivity contribution is 7.99. The Bertz CT molecular complexity index is 1080. The quantitative estimate of drug-likeness (QED) is 0.0248. The fourth-order valence-corrected chi connectivity index (χ4v) is 5.46. The van der Waals surface area contributed by atoms with E-state index in [0.29, 0.717) is 5.76 Å². The number of ether oxygens (including phenoxy) is 7. The Labute approximate surface area is 336 Å². The molecule has 308 valence electrons. The van der Waals surface area contributed by atoms with Crippen LogP contribution < -0.4 is 0 Å². The largest absolute Gasteiger partial charge is 0.497 e. The van der Waals surface area contributed by atoms with E-state index in [-0.39, 0.29) is 111 Å². The molecule has 0 saturated heterocycles. The molecule has 17 heteroatoms. The maximum absolute atomic E-state index is 13.1. The lowest BCUT2D eigenvalue weighted by Crippen LogP contribution is -2.43. The van der Waals surface area contributed by atoms with Gasteiger partial charge in [0.15, 0.2) is 0 Å². The molecule has 0 aliphatic carbocycles. The van der Waals surface area contributed by atoms with Gasteiger partial charge in [-0.2, -0.15) is 37.9 Å². The highest BCUT2D eigenvalue weighted by Crippen LogP contribution is 2.42. The molecule has 0 aromatic carbocycles. The van der Waals surface area contributed by atoms with Crippen molar-refractivity contribution in [1.82, 2.24) is 0 Å². The maximum atomic E-state index is 13.1. The third-order valence-electron chi connectivity index (χ3n) is 9.07. The number of aliphatic hydroxyl groups excluding tert-OH is 1. The predicted octanol–water partition coefficient (Wildman–Crippen LogP) is 4.78. The van der Waals surface area contributed by atoms with Crippen molar-refractivity contribution in [2.24, 2.45) is 22.2 Å². The van der Waals surface area contributed by atoms with Crippen LogP contribution in [0.5, 0.6) is 0 Å². The predicted molar refractivity (Wildman–Crippen MR) is 214 cm³/mol. The molecule has 0 amide bonds. The van der Waals surface area contributed by atoms with Crippen molar-refractivity contribution >= 4 is 79.5 Å². The lowest BCUT2D eigenvalue weighted by atomic mass is 9.67. The molecule has 53 heavy (non-hydrogen) atoms. The Morgan fingerprint density at radius 2 is 1.25 bits per heavy atom. The van der Waals surface area contributed by atoms with Crippen molar-refractivity contribution in [3.63, 3.8) is 0 Å². The lowest BCUT2D eigenvalue weighted by molar-refractivity contribution is -0.162. The second-order valence-electron chi connectivity index (χ2n) is 13.8. The maximum Gasteiger partial charge on any atom is 0.315 e. The minimum Gasteiger partial charge on any atom is -0.497 e. The Morgan fingerprint density at radius 1 is 0.698 bits per heavy atom. The monoisotopic (exact) mass is 830 g/mol. The van der Waals surface area contributed by atoms with E-state index in [2.05, 4.69) is 86.0 Å². The number of aliphatic hydroxyl groups is 1. The second kappa shape index (κ2) is 27.7. The van der Waals surface area contributed by atoms with Gasteiger partial charge in [0.05, 0.1) is 48.6 Å². The average molecular weight is 831 g/mol. The average Bonchev–Trinajstić information content (AvgIpc) is 3.16. The normalized spacial score (nSPS) is 13.0. The summed E-state index contributed by atoms with van der Waals surface area (Å²) in [6.45, 7) is 15.1. The number of hydrogen-bond acceptors (Lipinski definition) is 17. The molecule has 0 aromatic heterocycles. The molecule has 0 rings (SSSR count). The molecule has 0 spiro atoms. The number of thioether (sulfide) groups is 1. The number of thiol groups is 3. The lowest BCUT2D eigenvalue weighted by Gasteiger charge is -2.38. The van der Waals surface area contributed by atoms with Crippen LogP contribution in [0.4, 0.5) is 0 Å². The molecule has 1 N–H and O–H groups in total. The van der Waals surface area contributed by atoms with Gasteiger partial charge in [-0.15, -0.1) is 11.8 Å². The van der Waals surface area contributed by atoms with Gasteiger partial charge in [0.25, 0.3) is 0 Å². The van der Waals surface area contributed by atoms with E-state index >= 15 is 0 Å². The highest BCUT2D eigenvalue weighted by Gasteiger charge is 2.40. The zero-order valence-electron chi connectivity index (χ0n) is 32.2. The smallest absolute Gasteiger partial charge is 0.315 e. The molecule has 13 nitrogen and oxygen atoms in total. The Morgan fingerprint density at radius 3 is 1.75 bits per heavy atom. The van der Waals surface area contributed by atoms with Crippen LogP contribution in [0.25, 0.3) is 0 Å². The van der Waals surface area contributed by atoms with Gasteiger partial charge < -0.3 is 38.3 Å². The summed E-state index contributed by atoms with van der Waals surface area (Å²) in [6, 6.07) is 0. The summed E-state index contributed by atoms with van der Waals surface area (Å²) in [5.74, 6) is -2.77. The Hall–Kier alpha value is -1.79. The van der Waals surface area contributed by atoms with Gasteiger partial charge in [-0.25, -0.2) is 0 Å². The standard InChI is InChI=1S/C36H62O13S4/c1-8-34(5,6)28(15-35(7,9-2)10-3)33(42)44-13-12-43-16-27(37)17-45-29(38)11-14-53-21-32(41)49-25-36(22-46-26(4)18-50,23-47-30(39)19-51)24-48-31(40)20-52/h27-28,37,50-52H,4,8-25H2,1-3,5-7H3. The van der Waals surface area contributed by atoms with Crippen molar-refractivity contribution in [2.75, 3.05) is 81.6 Å². The molecule has 0 fully saturated rings. The number of carbonyl (C=O) groups excluding carboxylic acids is 5. The first-order valence-electron chi connectivity index (χ1n) is 17.7. The van der Waals surface area contributed by atoms with Crippen LogP contribution >= 0.6 is 49.6 Å². The van der Waals surface area contributed by atoms with Gasteiger partial charge in [0, 0.05) is 11.5 Å². The van der Waals surface area contributed by atoms with Crippen LogP contribution in [-0.4, -0.2) is 123 Å². The van der Waals surface area contributed by atoms with Crippen LogP contribution in [0, 0.1) is 22.2 Å². The fourth-order valence-electron chi connectivity index (χ4n) is 4.48. The molecule has 0 radical (unpaired) electrons. The zero-order valence-corrected chi connectivity index (χ0v) is 35.7. The molecule has 0 aliphatic rings. The number of carbonyl (C=O) groups is 5. The summed E-state index contributed by atoms with van der Waals surface area (Å²) in [4.78, 5) is 61.4. The van der Waals surface area contributed by atoms with Crippen molar-refractivity contribution in [1.29, 1.82) is 0 Å². The van der Waals surface area contributed by atoms with E-state index in [1.54, 1.807) is 0 Å². The van der Waals surface area contributed by atoms with Crippen molar-refractivity contribution in [2.45, 2.75) is 79.8 Å². The van der Waals surface area contributed by atoms with Crippen LogP contribution in [0.15, 0.2) is 12.3 Å². The van der Waals surface area contributed by atoms with Gasteiger partial charge >= 0.3 is 29.8 Å². The van der Waals surface area contributed by atoms with Crippen molar-refractivity contribution in [3.05, 3.63) is 12.3 Å². The first-order valence-corrected chi connectivity index (χ1v) is 20.8. The second-order valence-corrected chi connectivity index (χ2v) is 15.8. The highest BCUT2D eigenvalue weighted by atomic mass is 32.2. The minimum absolute atomic E-state index is 0.0329. The van der Waals surface area contributed by atoms with E-state index in [0.717, 1.165) is 37.4 Å². The first-order chi connectivity index (χ1) is 25.0. The van der Waals surface area contributed by atoms with E-state index in [9.17, 15) is 29.1 Å². The topological polar surface area (TPSA) is 170 Å². The number of rotatable bonds is 31. The van der Waals surface area contributed by atoms with E-state index in [4.69, 9.17) is 33.2 Å². The van der Waals surface area contributed by atoms with Crippen LogP contribution in [0.1, 0.15) is 73.6 Å². The fraction of sp³-hybridized carbons (Fsp3) is 0.806. The van der Waals surface area contributed by atoms with Crippen LogP contribution in [0.3, 0.4) is 0 Å². The van der Waals surface area contributed by atoms with Gasteiger partial charge in [0.1, 0.15) is 51.2 Å². The van der Waals surface area contributed by atoms with Gasteiger partial charge in [-0.3, -0.25) is 24.0 Å². The van der Waals surface area contributed by atoms with Gasteiger partial charge in [0.2, 0.25) is 0 Å². The van der Waals surface area contributed by atoms with Gasteiger partial charge in [-0.1, -0.05) is 67.4 Å². The Balaban J connectivity index is 4.69. The van der Waals surface area contributed by atoms with E-state index < -0.39 is 35.4 Å². The van der Waals surface area contributed by atoms with Crippen LogP contribution in [0.2, 0.25) is 0 Å². The third-order valence-corrected chi connectivity index (χ3v) is 10.9. The zero-order chi connectivity index (χ0) is 40.5. The molecule has 0 heterocycles. The number of esters is 5. The third kappa shape index (κ3) is 22.4. The SMILES string of the molecule is C=C(CS)OCC(COC(=O)CS)(COC(=O)CS)COC(=O)CSCCC(=O)OCC(O)COCCOC(=O)C(CC(C)(CC)CC)C(C)(C)CC. The van der Waals surface area contributed by atoms with Crippen molar-refractivity contribution in [3.8, 4) is 0 Å². The summed E-state index contributed by atoms with van der Waals surface area (Å²) < 4.78 is 37.6. The van der Waals surface area contributed by atoms with Gasteiger partial charge in [-0.05, 0) is 17.3 Å². The van der Waals surface area contributed by atoms with E-state index in [1.165, 1.54) is 0 Å². The molecule has 0 aliphatic heterocycles. The summed E-state index contributed by atoms with van der Waals surface area (Å²) in [7, 11) is 0. The first kappa shape index (κ1) is 51.2. The summed E-state index contributed by atoms with van der Waals surface area (Å²) >= 11 is 13.0. The Kier molecular flexibility index (Phi) is 26.8. The summed E-state index contributed by atoms with van der Waals surface area (Å²) in [6.07, 6.45) is 2.41. The number of hydrogen-bond donors (Lipinski definition) is 4. The minimum atomic E-state index is -1.26. The molecular formula is C36H62O13S4. The summed E-state index contributed by atoms with van der Waals surface area (Å²) in [5.41, 5.74) is -1.43. The van der Waals surface area contributed by atoms with E-state index in [1.807, 2.05) is 0 Å². The molecule has 0 saturated carbocycles. The molecule has 2 atom stereocenters. The van der Waals surface area contributed by atoms with Crippen LogP contribution in [-0.2, 0) is 57.1 Å². The molecule has 2 unspecified atom stereocenters. The van der Waals surface area contributed by atoms with Crippen molar-refractivity contribution < 1.29 is 62.2 Å². The molecular weight excluding hydrogens is 769 g/mol. The molecule has 0 aromatic rings.